The molecule has 0 unspecified atom stereocenters. The van der Waals surface area contributed by atoms with Crippen LogP contribution in [0.4, 0.5) is 0 Å². The number of carbonyl (C=O) groups excluding carboxylic acids is 2. The predicted octanol–water partition coefficient (Wildman–Crippen LogP) is 1.19. The van der Waals surface area contributed by atoms with Crippen molar-refractivity contribution in [2.75, 3.05) is 0 Å². The molecule has 122 valence electrons. The van der Waals surface area contributed by atoms with Gasteiger partial charge in [0.25, 0.3) is 0 Å². The molecule has 3 rings (SSSR count). The second-order valence-corrected chi connectivity index (χ2v) is 7.06. The molecule has 6 heteroatoms. The van der Waals surface area contributed by atoms with Gasteiger partial charge >= 0.3 is 11.9 Å². The number of hydrogen-bond donors (Lipinski definition) is 2. The lowest BCUT2D eigenvalue weighted by atomic mass is 9.57. The molecule has 2 N–H and O–H groups in total. The molecule has 2 aliphatic carbocycles. The molecule has 7 atom stereocenters. The number of fused-ring (bicyclic) bond motifs is 2. The SMILES string of the molecule is CC(=O)N[C@@H]1CC[C@@H]2[C@@H](C1)C[C@H]1C(=O)O[C@H](C)[C@H]1[C@H]2C(=O)O. The van der Waals surface area contributed by atoms with E-state index in [1.807, 2.05) is 6.92 Å². The number of rotatable bonds is 2. The molecule has 0 aromatic heterocycles. The Hall–Kier alpha value is -1.59. The number of ether oxygens (including phenoxy) is 1. The van der Waals surface area contributed by atoms with E-state index in [-0.39, 0.29) is 47.7 Å². The number of cyclic esters (lactones) is 1. The van der Waals surface area contributed by atoms with Gasteiger partial charge in [-0.3, -0.25) is 14.4 Å². The fourth-order valence-electron chi connectivity index (χ4n) is 5.04. The van der Waals surface area contributed by atoms with Crippen molar-refractivity contribution in [3.8, 4) is 0 Å². The van der Waals surface area contributed by atoms with E-state index < -0.39 is 11.9 Å². The Morgan fingerprint density at radius 3 is 2.64 bits per heavy atom. The van der Waals surface area contributed by atoms with E-state index >= 15 is 0 Å². The van der Waals surface area contributed by atoms with E-state index in [2.05, 4.69) is 5.32 Å². The summed E-state index contributed by atoms with van der Waals surface area (Å²) in [5.41, 5.74) is 0. The summed E-state index contributed by atoms with van der Waals surface area (Å²) in [6, 6.07) is 0.0968. The van der Waals surface area contributed by atoms with Crippen LogP contribution >= 0.6 is 0 Å². The fourth-order valence-corrected chi connectivity index (χ4v) is 5.04. The quantitative estimate of drug-likeness (QED) is 0.747. The van der Waals surface area contributed by atoms with Crippen molar-refractivity contribution < 1.29 is 24.2 Å². The lowest BCUT2D eigenvalue weighted by molar-refractivity contribution is -0.153. The Bertz CT molecular complexity index is 505. The van der Waals surface area contributed by atoms with Crippen molar-refractivity contribution in [3.05, 3.63) is 0 Å². The van der Waals surface area contributed by atoms with Gasteiger partial charge in [-0.2, -0.15) is 0 Å². The van der Waals surface area contributed by atoms with Crippen LogP contribution in [0.3, 0.4) is 0 Å². The lowest BCUT2D eigenvalue weighted by Gasteiger charge is -2.46. The summed E-state index contributed by atoms with van der Waals surface area (Å²) < 4.78 is 5.31. The van der Waals surface area contributed by atoms with Gasteiger partial charge in [-0.05, 0) is 44.4 Å². The summed E-state index contributed by atoms with van der Waals surface area (Å²) in [7, 11) is 0. The zero-order chi connectivity index (χ0) is 16.0. The maximum atomic E-state index is 12.0. The summed E-state index contributed by atoms with van der Waals surface area (Å²) in [4.78, 5) is 35.1. The van der Waals surface area contributed by atoms with Gasteiger partial charge in [0.15, 0.2) is 0 Å². The topological polar surface area (TPSA) is 92.7 Å². The van der Waals surface area contributed by atoms with Crippen LogP contribution in [0.5, 0.6) is 0 Å². The number of amides is 1. The van der Waals surface area contributed by atoms with E-state index in [1.54, 1.807) is 0 Å². The smallest absolute Gasteiger partial charge is 0.309 e. The van der Waals surface area contributed by atoms with Crippen LogP contribution in [-0.4, -0.2) is 35.1 Å². The van der Waals surface area contributed by atoms with Gasteiger partial charge in [-0.25, -0.2) is 0 Å². The van der Waals surface area contributed by atoms with Crippen molar-refractivity contribution in [1.29, 1.82) is 0 Å². The maximum absolute atomic E-state index is 12.0. The highest BCUT2D eigenvalue weighted by atomic mass is 16.6. The van der Waals surface area contributed by atoms with Crippen LogP contribution in [0.1, 0.15) is 39.5 Å². The molecule has 3 fully saturated rings. The van der Waals surface area contributed by atoms with E-state index in [0.717, 1.165) is 19.3 Å². The Kier molecular flexibility index (Phi) is 3.87. The minimum Gasteiger partial charge on any atom is -0.481 e. The first-order valence-electron chi connectivity index (χ1n) is 8.09. The Morgan fingerprint density at radius 2 is 2.00 bits per heavy atom. The summed E-state index contributed by atoms with van der Waals surface area (Å²) in [6.45, 7) is 3.31. The number of hydrogen-bond acceptors (Lipinski definition) is 4. The summed E-state index contributed by atoms with van der Waals surface area (Å²) in [6.07, 6.45) is 2.74. The van der Waals surface area contributed by atoms with Gasteiger partial charge in [0.2, 0.25) is 5.91 Å². The van der Waals surface area contributed by atoms with Gasteiger partial charge < -0.3 is 15.2 Å². The van der Waals surface area contributed by atoms with Crippen molar-refractivity contribution in [2.24, 2.45) is 29.6 Å². The molecule has 0 aromatic rings. The number of carboxylic acids is 1. The normalized spacial score (nSPS) is 43.7. The summed E-state index contributed by atoms with van der Waals surface area (Å²) in [5.74, 6) is -1.87. The first-order chi connectivity index (χ1) is 10.4. The molecule has 3 aliphatic rings. The second-order valence-electron chi connectivity index (χ2n) is 7.06. The molecule has 0 radical (unpaired) electrons. The van der Waals surface area contributed by atoms with Gasteiger partial charge in [0.1, 0.15) is 6.10 Å². The van der Waals surface area contributed by atoms with E-state index in [9.17, 15) is 19.5 Å². The monoisotopic (exact) mass is 309 g/mol. The molecule has 1 heterocycles. The van der Waals surface area contributed by atoms with Crippen molar-refractivity contribution in [1.82, 2.24) is 5.32 Å². The standard InChI is InChI=1S/C16H23NO5/c1-7-13-12(16(21)22-7)6-9-5-10(17-8(2)18)3-4-11(9)14(13)15(19)20/h7,9-14H,3-6H2,1-2H3,(H,17,18)(H,19,20)/t7-,9+,10-,11-,12-,13-,14+/m1/s1. The Labute approximate surface area is 129 Å². The van der Waals surface area contributed by atoms with E-state index in [1.165, 1.54) is 6.92 Å². The third-order valence-electron chi connectivity index (χ3n) is 5.78. The lowest BCUT2D eigenvalue weighted by Crippen LogP contribution is -2.50. The molecule has 2 saturated carbocycles. The fraction of sp³-hybridized carbons (Fsp3) is 0.812. The van der Waals surface area contributed by atoms with Crippen LogP contribution in [0.2, 0.25) is 0 Å². The molecule has 1 amide bonds. The molecule has 0 aromatic carbocycles. The number of carboxylic acid groups (broad SMARTS) is 1. The van der Waals surface area contributed by atoms with Crippen molar-refractivity contribution >= 4 is 17.8 Å². The first-order valence-corrected chi connectivity index (χ1v) is 8.09. The third-order valence-corrected chi connectivity index (χ3v) is 5.78. The molecule has 1 saturated heterocycles. The third kappa shape index (κ3) is 2.48. The van der Waals surface area contributed by atoms with Crippen LogP contribution < -0.4 is 5.32 Å². The number of nitrogens with one attached hydrogen (secondary N) is 1. The number of aliphatic carboxylic acids is 1. The van der Waals surface area contributed by atoms with Crippen molar-refractivity contribution in [2.45, 2.75) is 51.7 Å². The van der Waals surface area contributed by atoms with Crippen LogP contribution in [0.15, 0.2) is 0 Å². The summed E-state index contributed by atoms with van der Waals surface area (Å²) >= 11 is 0. The van der Waals surface area contributed by atoms with E-state index in [4.69, 9.17) is 4.74 Å². The first kappa shape index (κ1) is 15.3. The Morgan fingerprint density at radius 1 is 1.27 bits per heavy atom. The highest BCUT2D eigenvalue weighted by Crippen LogP contribution is 2.53. The van der Waals surface area contributed by atoms with Gasteiger partial charge in [-0.1, -0.05) is 0 Å². The average molecular weight is 309 g/mol. The largest absolute Gasteiger partial charge is 0.481 e. The highest BCUT2D eigenvalue weighted by Gasteiger charge is 2.57. The predicted molar refractivity (Wildman–Crippen MR) is 76.7 cm³/mol. The zero-order valence-corrected chi connectivity index (χ0v) is 13.0. The maximum Gasteiger partial charge on any atom is 0.309 e. The number of carbonyl (C=O) groups is 3. The molecule has 6 nitrogen and oxygen atoms in total. The molecule has 1 aliphatic heterocycles. The second kappa shape index (κ2) is 5.56. The van der Waals surface area contributed by atoms with Crippen molar-refractivity contribution in [3.63, 3.8) is 0 Å². The van der Waals surface area contributed by atoms with Gasteiger partial charge in [-0.15, -0.1) is 0 Å². The highest BCUT2D eigenvalue weighted by molar-refractivity contribution is 5.79. The molecule has 22 heavy (non-hydrogen) atoms. The number of esters is 1. The molecule has 0 spiro atoms. The van der Waals surface area contributed by atoms with E-state index in [0.29, 0.717) is 6.42 Å². The molecule has 0 bridgehead atoms. The molecular weight excluding hydrogens is 286 g/mol. The minimum absolute atomic E-state index is 0.0548. The molecular formula is C16H23NO5. The minimum atomic E-state index is -0.812. The van der Waals surface area contributed by atoms with Crippen LogP contribution in [-0.2, 0) is 19.1 Å². The van der Waals surface area contributed by atoms with Crippen LogP contribution in [0, 0.1) is 29.6 Å². The average Bonchev–Trinajstić information content (AvgIpc) is 2.70. The zero-order valence-electron chi connectivity index (χ0n) is 13.0. The van der Waals surface area contributed by atoms with Gasteiger partial charge in [0.05, 0.1) is 11.8 Å². The van der Waals surface area contributed by atoms with Gasteiger partial charge in [0, 0.05) is 18.9 Å². The summed E-state index contributed by atoms with van der Waals surface area (Å²) in [5, 5.41) is 12.6. The Balaban J connectivity index is 1.83. The van der Waals surface area contributed by atoms with Crippen LogP contribution in [0.25, 0.3) is 0 Å².